The smallest absolute Gasteiger partial charge is 0.119 e. The summed E-state index contributed by atoms with van der Waals surface area (Å²) in [5.74, 6) is 1.63. The molecule has 1 atom stereocenters. The zero-order chi connectivity index (χ0) is 13.5. The Kier molecular flexibility index (Phi) is 5.93. The Labute approximate surface area is 111 Å². The summed E-state index contributed by atoms with van der Waals surface area (Å²) >= 11 is 0. The standard InChI is InChI=1S/C16H25NO/c1-6-16(17(4)5)14-7-9-15(10-8-14)18-12-11-13(2)3/h6-10,13,16H,1,11-12H2,2-5H3. The maximum Gasteiger partial charge on any atom is 0.119 e. The largest absolute Gasteiger partial charge is 0.494 e. The lowest BCUT2D eigenvalue weighted by Crippen LogP contribution is -2.17. The lowest BCUT2D eigenvalue weighted by molar-refractivity contribution is 0.289. The molecular formula is C16H25NO. The first-order chi connectivity index (χ1) is 8.54. The predicted molar refractivity (Wildman–Crippen MR) is 78.0 cm³/mol. The molecule has 0 aliphatic rings. The average Bonchev–Trinajstić information content (AvgIpc) is 2.31. The minimum Gasteiger partial charge on any atom is -0.494 e. The first-order valence-electron chi connectivity index (χ1n) is 6.56. The topological polar surface area (TPSA) is 12.5 Å². The van der Waals surface area contributed by atoms with E-state index in [9.17, 15) is 0 Å². The molecular weight excluding hydrogens is 222 g/mol. The zero-order valence-electron chi connectivity index (χ0n) is 12.0. The summed E-state index contributed by atoms with van der Waals surface area (Å²) in [7, 11) is 4.11. The Bertz CT molecular complexity index is 354. The molecule has 1 unspecified atom stereocenters. The summed E-state index contributed by atoms with van der Waals surface area (Å²) in [5.41, 5.74) is 1.24. The van der Waals surface area contributed by atoms with E-state index in [0.717, 1.165) is 18.8 Å². The molecule has 1 aromatic rings. The van der Waals surface area contributed by atoms with Gasteiger partial charge in [0, 0.05) is 0 Å². The molecule has 1 rings (SSSR count). The van der Waals surface area contributed by atoms with Crippen LogP contribution in [0.15, 0.2) is 36.9 Å². The van der Waals surface area contributed by atoms with Gasteiger partial charge in [-0.15, -0.1) is 6.58 Å². The summed E-state index contributed by atoms with van der Waals surface area (Å²) in [5, 5.41) is 0. The molecule has 0 aromatic heterocycles. The first-order valence-corrected chi connectivity index (χ1v) is 6.56. The van der Waals surface area contributed by atoms with Gasteiger partial charge in [0.05, 0.1) is 12.6 Å². The number of benzene rings is 1. The highest BCUT2D eigenvalue weighted by Crippen LogP contribution is 2.22. The van der Waals surface area contributed by atoms with Crippen molar-refractivity contribution in [3.8, 4) is 5.75 Å². The summed E-state index contributed by atoms with van der Waals surface area (Å²) in [6.07, 6.45) is 3.04. The van der Waals surface area contributed by atoms with E-state index >= 15 is 0 Å². The van der Waals surface area contributed by atoms with E-state index in [1.54, 1.807) is 0 Å². The summed E-state index contributed by atoms with van der Waals surface area (Å²) in [4.78, 5) is 2.14. The maximum absolute atomic E-state index is 5.71. The molecule has 0 heterocycles. The van der Waals surface area contributed by atoms with Gasteiger partial charge in [-0.25, -0.2) is 0 Å². The minimum absolute atomic E-state index is 0.259. The van der Waals surface area contributed by atoms with Gasteiger partial charge < -0.3 is 4.74 Å². The van der Waals surface area contributed by atoms with Gasteiger partial charge >= 0.3 is 0 Å². The lowest BCUT2D eigenvalue weighted by atomic mass is 10.1. The van der Waals surface area contributed by atoms with E-state index in [4.69, 9.17) is 4.74 Å². The second kappa shape index (κ2) is 7.22. The van der Waals surface area contributed by atoms with Gasteiger partial charge in [-0.1, -0.05) is 32.1 Å². The number of hydrogen-bond donors (Lipinski definition) is 0. The van der Waals surface area contributed by atoms with Crippen molar-refractivity contribution in [3.63, 3.8) is 0 Å². The summed E-state index contributed by atoms with van der Waals surface area (Å²) < 4.78 is 5.71. The van der Waals surface area contributed by atoms with Gasteiger partial charge in [0.25, 0.3) is 0 Å². The summed E-state index contributed by atoms with van der Waals surface area (Å²) in [6.45, 7) is 9.08. The molecule has 0 bridgehead atoms. The number of rotatable bonds is 7. The van der Waals surface area contributed by atoms with Gasteiger partial charge in [-0.3, -0.25) is 4.90 Å². The van der Waals surface area contributed by atoms with E-state index in [2.05, 4.69) is 51.6 Å². The molecule has 0 radical (unpaired) electrons. The van der Waals surface area contributed by atoms with E-state index in [1.165, 1.54) is 5.56 Å². The Morgan fingerprint density at radius 2 is 1.83 bits per heavy atom. The maximum atomic E-state index is 5.71. The highest BCUT2D eigenvalue weighted by molar-refractivity contribution is 5.30. The Morgan fingerprint density at radius 1 is 1.22 bits per heavy atom. The van der Waals surface area contributed by atoms with Crippen LogP contribution in [0, 0.1) is 5.92 Å². The summed E-state index contributed by atoms with van der Waals surface area (Å²) in [6, 6.07) is 8.55. The first kappa shape index (κ1) is 14.8. The fraction of sp³-hybridized carbons (Fsp3) is 0.500. The highest BCUT2D eigenvalue weighted by atomic mass is 16.5. The molecule has 1 aromatic carbocycles. The number of likely N-dealkylation sites (N-methyl/N-ethyl adjacent to an activating group) is 1. The Balaban J connectivity index is 2.59. The molecule has 0 aliphatic carbocycles. The van der Waals surface area contributed by atoms with E-state index in [-0.39, 0.29) is 6.04 Å². The van der Waals surface area contributed by atoms with Crippen LogP contribution in [0.5, 0.6) is 5.75 Å². The van der Waals surface area contributed by atoms with Crippen LogP contribution in [0.4, 0.5) is 0 Å². The SMILES string of the molecule is C=CC(c1ccc(OCCC(C)C)cc1)N(C)C. The van der Waals surface area contributed by atoms with Crippen LogP contribution in [-0.4, -0.2) is 25.6 Å². The van der Waals surface area contributed by atoms with Crippen molar-refractivity contribution >= 4 is 0 Å². The van der Waals surface area contributed by atoms with E-state index < -0.39 is 0 Å². The third-order valence-corrected chi connectivity index (χ3v) is 2.97. The van der Waals surface area contributed by atoms with E-state index in [1.807, 2.05) is 18.2 Å². The van der Waals surface area contributed by atoms with Crippen LogP contribution in [0.25, 0.3) is 0 Å². The lowest BCUT2D eigenvalue weighted by Gasteiger charge is -2.21. The molecule has 0 saturated carbocycles. The fourth-order valence-electron chi connectivity index (χ4n) is 1.82. The van der Waals surface area contributed by atoms with Crippen molar-refractivity contribution < 1.29 is 4.74 Å². The van der Waals surface area contributed by atoms with Crippen LogP contribution in [-0.2, 0) is 0 Å². The highest BCUT2D eigenvalue weighted by Gasteiger charge is 2.09. The van der Waals surface area contributed by atoms with Crippen LogP contribution in [0.2, 0.25) is 0 Å². The van der Waals surface area contributed by atoms with Crippen molar-refractivity contribution in [1.29, 1.82) is 0 Å². The Morgan fingerprint density at radius 3 is 2.28 bits per heavy atom. The molecule has 0 amide bonds. The normalized spacial score (nSPS) is 12.8. The molecule has 0 spiro atoms. The van der Waals surface area contributed by atoms with Crippen LogP contribution >= 0.6 is 0 Å². The van der Waals surface area contributed by atoms with Gasteiger partial charge in [0.15, 0.2) is 0 Å². The van der Waals surface area contributed by atoms with Crippen LogP contribution < -0.4 is 4.74 Å². The van der Waals surface area contributed by atoms with Gasteiger partial charge in [0.1, 0.15) is 5.75 Å². The quantitative estimate of drug-likeness (QED) is 0.678. The third kappa shape index (κ3) is 4.53. The Hall–Kier alpha value is -1.28. The molecule has 18 heavy (non-hydrogen) atoms. The molecule has 2 nitrogen and oxygen atoms in total. The molecule has 2 heteroatoms. The molecule has 0 N–H and O–H groups in total. The zero-order valence-corrected chi connectivity index (χ0v) is 12.0. The van der Waals surface area contributed by atoms with Crippen LogP contribution in [0.3, 0.4) is 0 Å². The van der Waals surface area contributed by atoms with Gasteiger partial charge in [-0.05, 0) is 44.1 Å². The average molecular weight is 247 g/mol. The van der Waals surface area contributed by atoms with Crippen molar-refractivity contribution in [2.45, 2.75) is 26.3 Å². The molecule has 100 valence electrons. The fourth-order valence-corrected chi connectivity index (χ4v) is 1.82. The third-order valence-electron chi connectivity index (χ3n) is 2.97. The van der Waals surface area contributed by atoms with Gasteiger partial charge in [0.2, 0.25) is 0 Å². The van der Waals surface area contributed by atoms with Crippen molar-refractivity contribution in [3.05, 3.63) is 42.5 Å². The van der Waals surface area contributed by atoms with Crippen molar-refractivity contribution in [1.82, 2.24) is 4.90 Å². The molecule has 0 aliphatic heterocycles. The van der Waals surface area contributed by atoms with Crippen molar-refractivity contribution in [2.24, 2.45) is 5.92 Å². The molecule has 0 saturated heterocycles. The molecule has 0 fully saturated rings. The predicted octanol–water partition coefficient (Wildman–Crippen LogP) is 3.90. The van der Waals surface area contributed by atoms with Gasteiger partial charge in [-0.2, -0.15) is 0 Å². The monoisotopic (exact) mass is 247 g/mol. The van der Waals surface area contributed by atoms with Crippen molar-refractivity contribution in [2.75, 3.05) is 20.7 Å². The minimum atomic E-state index is 0.259. The van der Waals surface area contributed by atoms with E-state index in [0.29, 0.717) is 5.92 Å². The second-order valence-electron chi connectivity index (χ2n) is 5.24. The number of ether oxygens (including phenoxy) is 1. The number of hydrogen-bond acceptors (Lipinski definition) is 2. The second-order valence-corrected chi connectivity index (χ2v) is 5.24. The number of nitrogens with zero attached hydrogens (tertiary/aromatic N) is 1. The van der Waals surface area contributed by atoms with Crippen LogP contribution in [0.1, 0.15) is 31.9 Å².